The van der Waals surface area contributed by atoms with Crippen LogP contribution in [0, 0.1) is 0 Å². The monoisotopic (exact) mass is 262 g/mol. The number of nitrogens with one attached hydrogen (secondary N) is 1. The molecule has 1 unspecified atom stereocenters. The van der Waals surface area contributed by atoms with Crippen molar-refractivity contribution in [2.24, 2.45) is 0 Å². The predicted octanol–water partition coefficient (Wildman–Crippen LogP) is 1.62. The van der Waals surface area contributed by atoms with E-state index in [2.05, 4.69) is 12.2 Å². The van der Waals surface area contributed by atoms with Gasteiger partial charge in [0, 0.05) is 31.7 Å². The zero-order valence-corrected chi connectivity index (χ0v) is 11.7. The number of amides is 1. The number of methoxy groups -OCH3 is 1. The molecule has 0 radical (unpaired) electrons. The van der Waals surface area contributed by atoms with Gasteiger partial charge in [-0.05, 0) is 12.5 Å². The molecule has 2 rings (SSSR count). The molecule has 1 amide bonds. The summed E-state index contributed by atoms with van der Waals surface area (Å²) < 4.78 is 5.38. The molecule has 1 aliphatic rings. The van der Waals surface area contributed by atoms with Gasteiger partial charge in [-0.2, -0.15) is 0 Å². The average Bonchev–Trinajstić information content (AvgIpc) is 2.49. The van der Waals surface area contributed by atoms with Crippen molar-refractivity contribution in [3.63, 3.8) is 0 Å². The highest BCUT2D eigenvalue weighted by atomic mass is 16.5. The fourth-order valence-corrected chi connectivity index (χ4v) is 2.59. The first-order valence-electron chi connectivity index (χ1n) is 6.90. The van der Waals surface area contributed by atoms with E-state index in [1.165, 1.54) is 0 Å². The van der Waals surface area contributed by atoms with Gasteiger partial charge in [0.2, 0.25) is 5.91 Å². The molecule has 1 saturated heterocycles. The van der Waals surface area contributed by atoms with Crippen LogP contribution in [-0.2, 0) is 4.79 Å². The Kier molecular flexibility index (Phi) is 4.80. The molecule has 0 spiro atoms. The van der Waals surface area contributed by atoms with Crippen LogP contribution in [0.25, 0.3) is 0 Å². The molecule has 1 aliphatic heterocycles. The van der Waals surface area contributed by atoms with E-state index in [0.29, 0.717) is 0 Å². The molecule has 0 saturated carbocycles. The Labute approximate surface area is 114 Å². The van der Waals surface area contributed by atoms with E-state index in [4.69, 9.17) is 4.74 Å². The molecule has 4 heteroatoms. The Morgan fingerprint density at radius 1 is 1.37 bits per heavy atom. The van der Waals surface area contributed by atoms with Crippen LogP contribution in [0.15, 0.2) is 24.3 Å². The number of para-hydroxylation sites is 1. The topological polar surface area (TPSA) is 41.6 Å². The number of piperazine rings is 1. The zero-order valence-electron chi connectivity index (χ0n) is 11.7. The summed E-state index contributed by atoms with van der Waals surface area (Å²) >= 11 is 0. The van der Waals surface area contributed by atoms with Gasteiger partial charge in [0.25, 0.3) is 0 Å². The maximum Gasteiger partial charge on any atom is 0.230 e. The van der Waals surface area contributed by atoms with Crippen LogP contribution >= 0.6 is 0 Å². The first kappa shape index (κ1) is 13.9. The Bertz CT molecular complexity index is 428. The van der Waals surface area contributed by atoms with Crippen LogP contribution in [0.4, 0.5) is 0 Å². The fraction of sp³-hybridized carbons (Fsp3) is 0.533. The minimum Gasteiger partial charge on any atom is -0.496 e. The molecule has 1 aromatic rings. The summed E-state index contributed by atoms with van der Waals surface area (Å²) in [5.41, 5.74) is 0.996. The van der Waals surface area contributed by atoms with Crippen molar-refractivity contribution in [3.8, 4) is 5.75 Å². The molecule has 1 fully saturated rings. The van der Waals surface area contributed by atoms with Gasteiger partial charge in [-0.15, -0.1) is 0 Å². The number of hydrogen-bond donors (Lipinski definition) is 1. The van der Waals surface area contributed by atoms with Crippen LogP contribution in [0.1, 0.15) is 24.8 Å². The number of carbonyl (C=O) groups excluding carboxylic acids is 1. The molecule has 4 nitrogen and oxygen atoms in total. The third-order valence-corrected chi connectivity index (χ3v) is 3.65. The van der Waals surface area contributed by atoms with Crippen molar-refractivity contribution in [2.75, 3.05) is 33.3 Å². The predicted molar refractivity (Wildman–Crippen MR) is 75.5 cm³/mol. The number of benzene rings is 1. The van der Waals surface area contributed by atoms with Crippen LogP contribution in [-0.4, -0.2) is 44.1 Å². The van der Waals surface area contributed by atoms with Crippen molar-refractivity contribution in [1.82, 2.24) is 10.2 Å². The lowest BCUT2D eigenvalue weighted by atomic mass is 9.94. The first-order valence-corrected chi connectivity index (χ1v) is 6.90. The Balaban J connectivity index is 2.20. The number of rotatable bonds is 4. The molecular weight excluding hydrogens is 240 g/mol. The lowest BCUT2D eigenvalue weighted by Crippen LogP contribution is -2.48. The second-order valence-corrected chi connectivity index (χ2v) is 4.78. The van der Waals surface area contributed by atoms with Gasteiger partial charge >= 0.3 is 0 Å². The van der Waals surface area contributed by atoms with Gasteiger partial charge in [0.1, 0.15) is 5.75 Å². The van der Waals surface area contributed by atoms with Crippen LogP contribution in [0.2, 0.25) is 0 Å². The van der Waals surface area contributed by atoms with Gasteiger partial charge in [0.15, 0.2) is 0 Å². The summed E-state index contributed by atoms with van der Waals surface area (Å²) in [4.78, 5) is 14.6. The van der Waals surface area contributed by atoms with Gasteiger partial charge in [-0.25, -0.2) is 0 Å². The van der Waals surface area contributed by atoms with E-state index in [-0.39, 0.29) is 11.8 Å². The molecule has 1 atom stereocenters. The summed E-state index contributed by atoms with van der Waals surface area (Å²) in [5.74, 6) is 0.917. The normalized spacial score (nSPS) is 17.1. The van der Waals surface area contributed by atoms with E-state index in [1.54, 1.807) is 7.11 Å². The molecule has 19 heavy (non-hydrogen) atoms. The van der Waals surface area contributed by atoms with Crippen LogP contribution in [0.3, 0.4) is 0 Å². The fourth-order valence-electron chi connectivity index (χ4n) is 2.59. The van der Waals surface area contributed by atoms with Gasteiger partial charge in [-0.1, -0.05) is 25.1 Å². The van der Waals surface area contributed by atoms with E-state index in [0.717, 1.165) is 43.9 Å². The van der Waals surface area contributed by atoms with Crippen LogP contribution < -0.4 is 10.1 Å². The van der Waals surface area contributed by atoms with Crippen molar-refractivity contribution >= 4 is 5.91 Å². The third kappa shape index (κ3) is 3.07. The van der Waals surface area contributed by atoms with Crippen molar-refractivity contribution in [3.05, 3.63) is 29.8 Å². The number of nitrogens with zero attached hydrogens (tertiary/aromatic N) is 1. The maximum atomic E-state index is 12.6. The maximum absolute atomic E-state index is 12.6. The quantitative estimate of drug-likeness (QED) is 0.896. The highest BCUT2D eigenvalue weighted by Gasteiger charge is 2.27. The van der Waals surface area contributed by atoms with Gasteiger partial charge in [-0.3, -0.25) is 4.79 Å². The second-order valence-electron chi connectivity index (χ2n) is 4.78. The summed E-state index contributed by atoms with van der Waals surface area (Å²) in [5, 5.41) is 3.27. The van der Waals surface area contributed by atoms with E-state index < -0.39 is 0 Å². The lowest BCUT2D eigenvalue weighted by Gasteiger charge is -2.31. The Morgan fingerprint density at radius 2 is 2.05 bits per heavy atom. The summed E-state index contributed by atoms with van der Waals surface area (Å²) in [7, 11) is 1.65. The van der Waals surface area contributed by atoms with Crippen molar-refractivity contribution in [2.45, 2.75) is 19.3 Å². The molecule has 104 valence electrons. The first-order chi connectivity index (χ1) is 9.27. The highest BCUT2D eigenvalue weighted by Crippen LogP contribution is 2.30. The largest absolute Gasteiger partial charge is 0.496 e. The highest BCUT2D eigenvalue weighted by molar-refractivity contribution is 5.84. The minimum atomic E-state index is -0.103. The molecule has 0 aliphatic carbocycles. The molecular formula is C15H22N2O2. The molecule has 1 aromatic carbocycles. The summed E-state index contributed by atoms with van der Waals surface area (Å²) in [6.07, 6.45) is 0.795. The molecule has 0 aromatic heterocycles. The number of hydrogen-bond acceptors (Lipinski definition) is 3. The van der Waals surface area contributed by atoms with Crippen molar-refractivity contribution in [1.29, 1.82) is 0 Å². The standard InChI is InChI=1S/C15H22N2O2/c1-3-12(13-6-4-5-7-14(13)19-2)15(18)17-10-8-16-9-11-17/h4-7,12,16H,3,8-11H2,1-2H3. The van der Waals surface area contributed by atoms with E-state index >= 15 is 0 Å². The minimum absolute atomic E-state index is 0.103. The Morgan fingerprint density at radius 3 is 2.68 bits per heavy atom. The Hall–Kier alpha value is -1.55. The van der Waals surface area contributed by atoms with Crippen molar-refractivity contribution < 1.29 is 9.53 Å². The zero-order chi connectivity index (χ0) is 13.7. The summed E-state index contributed by atoms with van der Waals surface area (Å²) in [6.45, 7) is 5.41. The molecule has 1 heterocycles. The SMILES string of the molecule is CCC(C(=O)N1CCNCC1)c1ccccc1OC. The van der Waals surface area contributed by atoms with Gasteiger partial charge < -0.3 is 15.0 Å². The third-order valence-electron chi connectivity index (χ3n) is 3.65. The number of carbonyl (C=O) groups is 1. The van der Waals surface area contributed by atoms with E-state index in [9.17, 15) is 4.79 Å². The van der Waals surface area contributed by atoms with E-state index in [1.807, 2.05) is 29.2 Å². The van der Waals surface area contributed by atoms with Gasteiger partial charge in [0.05, 0.1) is 13.0 Å². The smallest absolute Gasteiger partial charge is 0.230 e. The molecule has 1 N–H and O–H groups in total. The van der Waals surface area contributed by atoms with Crippen LogP contribution in [0.5, 0.6) is 5.75 Å². The lowest BCUT2D eigenvalue weighted by molar-refractivity contribution is -0.133. The second kappa shape index (κ2) is 6.57. The number of ether oxygens (including phenoxy) is 1. The molecule has 0 bridgehead atoms. The average molecular weight is 262 g/mol. The summed E-state index contributed by atoms with van der Waals surface area (Å²) in [6, 6.07) is 7.81.